The number of hydrogen-bond donors (Lipinski definition) is 1. The number of imidazole rings is 1. The lowest BCUT2D eigenvalue weighted by atomic mass is 10.3. The van der Waals surface area contributed by atoms with Crippen molar-refractivity contribution >= 4 is 28.9 Å². The normalized spacial score (nSPS) is 10.6. The molecule has 0 aliphatic heterocycles. The second-order valence-electron chi connectivity index (χ2n) is 3.82. The number of anilines is 1. The van der Waals surface area contributed by atoms with E-state index >= 15 is 0 Å². The zero-order valence-corrected chi connectivity index (χ0v) is 11.2. The third kappa shape index (κ3) is 3.31. The van der Waals surface area contributed by atoms with Gasteiger partial charge in [0.1, 0.15) is 0 Å². The topological polar surface area (TPSA) is 53.1 Å². The first-order valence-corrected chi connectivity index (χ1v) is 6.25. The average Bonchev–Trinajstić information content (AvgIpc) is 2.79. The van der Waals surface area contributed by atoms with E-state index in [-0.39, 0.29) is 0 Å². The summed E-state index contributed by atoms with van der Waals surface area (Å²) >= 11 is 12.0. The van der Waals surface area contributed by atoms with Gasteiger partial charge in [-0.15, -0.1) is 0 Å². The minimum absolute atomic E-state index is 0.433. The van der Waals surface area contributed by atoms with Gasteiger partial charge in [0.15, 0.2) is 5.75 Å². The fraction of sp³-hybridized carbons (Fsp3) is 0.250. The minimum atomic E-state index is 0.433. The van der Waals surface area contributed by atoms with Gasteiger partial charge in [0.25, 0.3) is 0 Å². The molecule has 0 atom stereocenters. The summed E-state index contributed by atoms with van der Waals surface area (Å²) in [4.78, 5) is 3.96. The van der Waals surface area contributed by atoms with Crippen molar-refractivity contribution in [2.45, 2.75) is 13.0 Å². The van der Waals surface area contributed by atoms with Gasteiger partial charge in [-0.3, -0.25) is 0 Å². The Labute approximate surface area is 115 Å². The maximum absolute atomic E-state index is 6.01. The first-order chi connectivity index (χ1) is 8.66. The molecule has 0 spiro atoms. The lowest BCUT2D eigenvalue weighted by Crippen LogP contribution is -2.04. The molecule has 0 radical (unpaired) electrons. The summed E-state index contributed by atoms with van der Waals surface area (Å²) in [5.41, 5.74) is 6.14. The summed E-state index contributed by atoms with van der Waals surface area (Å²) in [6.07, 6.45) is 6.26. The molecule has 4 nitrogen and oxygen atoms in total. The van der Waals surface area contributed by atoms with Gasteiger partial charge in [-0.25, -0.2) is 4.98 Å². The molecule has 2 rings (SSSR count). The van der Waals surface area contributed by atoms with Crippen LogP contribution in [-0.2, 0) is 6.54 Å². The minimum Gasteiger partial charge on any atom is -0.490 e. The summed E-state index contributed by atoms with van der Waals surface area (Å²) in [6.45, 7) is 1.37. The highest BCUT2D eigenvalue weighted by atomic mass is 35.5. The summed E-state index contributed by atoms with van der Waals surface area (Å²) in [5.74, 6) is 0.484. The number of halogens is 2. The van der Waals surface area contributed by atoms with Crippen molar-refractivity contribution in [3.05, 3.63) is 40.9 Å². The number of nitrogens with zero attached hydrogens (tertiary/aromatic N) is 2. The zero-order valence-electron chi connectivity index (χ0n) is 9.64. The van der Waals surface area contributed by atoms with E-state index < -0.39 is 0 Å². The van der Waals surface area contributed by atoms with Gasteiger partial charge in [0.2, 0.25) is 0 Å². The first kappa shape index (κ1) is 13.1. The summed E-state index contributed by atoms with van der Waals surface area (Å²) in [5, 5.41) is 0.866. The molecule has 0 bridgehead atoms. The first-order valence-electron chi connectivity index (χ1n) is 5.50. The predicted octanol–water partition coefficient (Wildman–Crippen LogP) is 3.24. The fourth-order valence-corrected chi connectivity index (χ4v) is 2.17. The van der Waals surface area contributed by atoms with E-state index in [1.807, 2.05) is 10.8 Å². The molecule has 0 unspecified atom stereocenters. The van der Waals surface area contributed by atoms with Crippen molar-refractivity contribution < 1.29 is 4.74 Å². The number of nitrogen functional groups attached to an aromatic ring is 1. The third-order valence-corrected chi connectivity index (χ3v) is 2.95. The largest absolute Gasteiger partial charge is 0.490 e. The number of hydrogen-bond acceptors (Lipinski definition) is 3. The number of benzene rings is 1. The molecule has 0 fully saturated rings. The highest BCUT2D eigenvalue weighted by Crippen LogP contribution is 2.35. The van der Waals surface area contributed by atoms with E-state index in [4.69, 9.17) is 33.7 Å². The molecule has 2 N–H and O–H groups in total. The molecule has 96 valence electrons. The van der Waals surface area contributed by atoms with Crippen molar-refractivity contribution in [1.82, 2.24) is 9.55 Å². The monoisotopic (exact) mass is 285 g/mol. The Balaban J connectivity index is 1.87. The number of nitrogens with two attached hydrogens (primary N) is 1. The second-order valence-corrected chi connectivity index (χ2v) is 4.63. The number of aromatic nitrogens is 2. The van der Waals surface area contributed by atoms with Crippen LogP contribution in [-0.4, -0.2) is 16.2 Å². The van der Waals surface area contributed by atoms with Crippen molar-refractivity contribution in [2.24, 2.45) is 0 Å². The molecule has 0 aliphatic carbocycles. The van der Waals surface area contributed by atoms with Gasteiger partial charge in [-0.05, 0) is 18.6 Å². The van der Waals surface area contributed by atoms with Crippen LogP contribution < -0.4 is 10.5 Å². The molecular weight excluding hydrogens is 273 g/mol. The standard InChI is InChI=1S/C12H13Cl2N3O/c13-10-6-9(15)7-11(14)12(10)18-5-1-3-17-4-2-16-8-17/h2,4,6-8H,1,3,5,15H2. The van der Waals surface area contributed by atoms with Gasteiger partial charge >= 0.3 is 0 Å². The van der Waals surface area contributed by atoms with Crippen LogP contribution >= 0.6 is 23.2 Å². The molecule has 1 aromatic carbocycles. The smallest absolute Gasteiger partial charge is 0.156 e. The summed E-state index contributed by atoms with van der Waals surface area (Å²) < 4.78 is 7.55. The Kier molecular flexibility index (Phi) is 4.33. The zero-order chi connectivity index (χ0) is 13.0. The Morgan fingerprint density at radius 3 is 2.61 bits per heavy atom. The van der Waals surface area contributed by atoms with Gasteiger partial charge in [-0.1, -0.05) is 23.2 Å². The molecule has 0 amide bonds. The van der Waals surface area contributed by atoms with Crippen LogP contribution in [0.2, 0.25) is 10.0 Å². The van der Waals surface area contributed by atoms with Crippen LogP contribution in [0.3, 0.4) is 0 Å². The Hall–Kier alpha value is -1.39. The van der Waals surface area contributed by atoms with Crippen LogP contribution in [0, 0.1) is 0 Å². The van der Waals surface area contributed by atoms with E-state index in [9.17, 15) is 0 Å². The van der Waals surface area contributed by atoms with Crippen molar-refractivity contribution in [3.8, 4) is 5.75 Å². The van der Waals surface area contributed by atoms with Crippen molar-refractivity contribution in [3.63, 3.8) is 0 Å². The van der Waals surface area contributed by atoms with Crippen molar-refractivity contribution in [1.29, 1.82) is 0 Å². The van der Waals surface area contributed by atoms with E-state index in [0.29, 0.717) is 28.1 Å². The maximum atomic E-state index is 6.01. The van der Waals surface area contributed by atoms with E-state index in [0.717, 1.165) is 13.0 Å². The van der Waals surface area contributed by atoms with Crippen LogP contribution in [0.1, 0.15) is 6.42 Å². The van der Waals surface area contributed by atoms with Gasteiger partial charge in [-0.2, -0.15) is 0 Å². The van der Waals surface area contributed by atoms with Crippen LogP contribution in [0.15, 0.2) is 30.9 Å². The van der Waals surface area contributed by atoms with Crippen LogP contribution in [0.5, 0.6) is 5.75 Å². The molecular formula is C12H13Cl2N3O. The second kappa shape index (κ2) is 5.98. The highest BCUT2D eigenvalue weighted by molar-refractivity contribution is 6.37. The van der Waals surface area contributed by atoms with E-state index in [1.54, 1.807) is 24.7 Å². The van der Waals surface area contributed by atoms with Gasteiger partial charge < -0.3 is 15.0 Å². The van der Waals surface area contributed by atoms with E-state index in [1.165, 1.54) is 0 Å². The molecule has 1 heterocycles. The molecule has 18 heavy (non-hydrogen) atoms. The fourth-order valence-electron chi connectivity index (χ4n) is 1.56. The molecule has 1 aromatic heterocycles. The lowest BCUT2D eigenvalue weighted by Gasteiger charge is -2.10. The number of ether oxygens (including phenoxy) is 1. The highest BCUT2D eigenvalue weighted by Gasteiger charge is 2.08. The van der Waals surface area contributed by atoms with Gasteiger partial charge in [0, 0.05) is 24.6 Å². The maximum Gasteiger partial charge on any atom is 0.156 e. The van der Waals surface area contributed by atoms with Crippen LogP contribution in [0.25, 0.3) is 0 Å². The number of aryl methyl sites for hydroxylation is 1. The Morgan fingerprint density at radius 1 is 1.28 bits per heavy atom. The quantitative estimate of drug-likeness (QED) is 0.678. The Bertz CT molecular complexity index is 491. The average molecular weight is 286 g/mol. The summed E-state index contributed by atoms with van der Waals surface area (Å²) in [6, 6.07) is 3.25. The lowest BCUT2D eigenvalue weighted by molar-refractivity contribution is 0.302. The van der Waals surface area contributed by atoms with E-state index in [2.05, 4.69) is 4.98 Å². The molecule has 2 aromatic rings. The number of rotatable bonds is 5. The predicted molar refractivity (Wildman–Crippen MR) is 73.2 cm³/mol. The molecule has 0 aliphatic rings. The van der Waals surface area contributed by atoms with Crippen molar-refractivity contribution in [2.75, 3.05) is 12.3 Å². The Morgan fingerprint density at radius 2 is 2.00 bits per heavy atom. The van der Waals surface area contributed by atoms with Crippen LogP contribution in [0.4, 0.5) is 5.69 Å². The SMILES string of the molecule is Nc1cc(Cl)c(OCCCn2ccnc2)c(Cl)c1. The third-order valence-electron chi connectivity index (χ3n) is 2.39. The molecule has 0 saturated heterocycles. The molecule has 6 heteroatoms. The summed E-state index contributed by atoms with van der Waals surface area (Å²) in [7, 11) is 0. The van der Waals surface area contributed by atoms with Gasteiger partial charge in [0.05, 0.1) is 23.0 Å². The molecule has 0 saturated carbocycles.